The number of piperidine rings is 1. The van der Waals surface area contributed by atoms with Crippen molar-refractivity contribution in [3.63, 3.8) is 0 Å². The van der Waals surface area contributed by atoms with Crippen LogP contribution in [-0.2, 0) is 9.53 Å². The molecule has 1 saturated heterocycles. The molecule has 1 aliphatic rings. The summed E-state index contributed by atoms with van der Waals surface area (Å²) in [5.74, 6) is -0.0689. The quantitative estimate of drug-likeness (QED) is 0.829. The summed E-state index contributed by atoms with van der Waals surface area (Å²) in [4.78, 5) is 25.4. The van der Waals surface area contributed by atoms with Crippen molar-refractivity contribution in [2.45, 2.75) is 59.2 Å². The summed E-state index contributed by atoms with van der Waals surface area (Å²) in [6.45, 7) is 11.0. The van der Waals surface area contributed by atoms with E-state index in [1.807, 2.05) is 34.6 Å². The fourth-order valence-corrected chi connectivity index (χ4v) is 2.30. The third-order valence-corrected chi connectivity index (χ3v) is 3.73. The number of aliphatic hydroxyl groups is 1. The van der Waals surface area contributed by atoms with Crippen LogP contribution in [0, 0.1) is 11.8 Å². The lowest BCUT2D eigenvalue weighted by molar-refractivity contribution is -0.131. The number of carbonyl (C=O) groups is 2. The van der Waals surface area contributed by atoms with Gasteiger partial charge in [0.2, 0.25) is 5.91 Å². The van der Waals surface area contributed by atoms with Crippen molar-refractivity contribution in [1.82, 2.24) is 10.2 Å². The first-order chi connectivity index (χ1) is 10.1. The lowest BCUT2D eigenvalue weighted by Gasteiger charge is -2.33. The molecule has 1 fully saturated rings. The Morgan fingerprint density at radius 3 is 2.27 bits per heavy atom. The molecule has 6 heteroatoms. The van der Waals surface area contributed by atoms with E-state index < -0.39 is 11.7 Å². The van der Waals surface area contributed by atoms with E-state index in [4.69, 9.17) is 4.74 Å². The Balaban J connectivity index is 2.31. The fourth-order valence-electron chi connectivity index (χ4n) is 2.30. The molecule has 0 saturated carbocycles. The number of likely N-dealkylation sites (tertiary alicyclic amines) is 1. The Morgan fingerprint density at radius 2 is 1.82 bits per heavy atom. The van der Waals surface area contributed by atoms with Crippen LogP contribution in [0.15, 0.2) is 0 Å². The summed E-state index contributed by atoms with van der Waals surface area (Å²) < 4.78 is 5.35. The van der Waals surface area contributed by atoms with Gasteiger partial charge in [-0.15, -0.1) is 0 Å². The molecule has 0 aromatic heterocycles. The van der Waals surface area contributed by atoms with E-state index in [0.29, 0.717) is 25.6 Å². The fraction of sp³-hybridized carbons (Fsp3) is 0.875. The minimum atomic E-state index is -0.957. The second kappa shape index (κ2) is 7.81. The van der Waals surface area contributed by atoms with Gasteiger partial charge in [-0.2, -0.15) is 0 Å². The minimum absolute atomic E-state index is 0.0889. The van der Waals surface area contributed by atoms with Crippen LogP contribution in [0.2, 0.25) is 0 Å². The van der Waals surface area contributed by atoms with Crippen LogP contribution >= 0.6 is 0 Å². The molecule has 1 aliphatic heterocycles. The predicted octanol–water partition coefficient (Wildman–Crippen LogP) is 1.77. The van der Waals surface area contributed by atoms with E-state index in [-0.39, 0.29) is 17.9 Å². The van der Waals surface area contributed by atoms with E-state index in [0.717, 1.165) is 12.8 Å². The molecule has 2 N–H and O–H groups in total. The third kappa shape index (κ3) is 6.22. The van der Waals surface area contributed by atoms with Gasteiger partial charge in [-0.1, -0.05) is 13.8 Å². The van der Waals surface area contributed by atoms with Crippen LogP contribution in [0.1, 0.15) is 47.5 Å². The van der Waals surface area contributed by atoms with Crippen LogP contribution in [0.3, 0.4) is 0 Å². The molecule has 0 aromatic rings. The SMILES string of the molecule is CC(C)[C@H](O)C(=O)NCC1CCN(C(=O)OC(C)(C)C)CC1. The van der Waals surface area contributed by atoms with E-state index in [1.165, 1.54) is 0 Å². The summed E-state index contributed by atoms with van der Waals surface area (Å²) in [7, 11) is 0. The van der Waals surface area contributed by atoms with Gasteiger partial charge in [0.15, 0.2) is 0 Å². The average molecular weight is 314 g/mol. The smallest absolute Gasteiger partial charge is 0.410 e. The van der Waals surface area contributed by atoms with Crippen molar-refractivity contribution in [2.24, 2.45) is 11.8 Å². The number of hydrogen-bond donors (Lipinski definition) is 2. The monoisotopic (exact) mass is 314 g/mol. The molecule has 0 spiro atoms. The number of hydrogen-bond acceptors (Lipinski definition) is 4. The number of carbonyl (C=O) groups excluding carboxylic acids is 2. The zero-order chi connectivity index (χ0) is 16.9. The normalized spacial score (nSPS) is 18.2. The van der Waals surface area contributed by atoms with E-state index in [1.54, 1.807) is 4.90 Å². The first-order valence-electron chi connectivity index (χ1n) is 8.04. The maximum atomic E-state index is 12.0. The largest absolute Gasteiger partial charge is 0.444 e. The van der Waals surface area contributed by atoms with Gasteiger partial charge < -0.3 is 20.1 Å². The van der Waals surface area contributed by atoms with Crippen LogP contribution in [0.5, 0.6) is 0 Å². The number of ether oxygens (including phenoxy) is 1. The number of nitrogens with one attached hydrogen (secondary N) is 1. The van der Waals surface area contributed by atoms with Gasteiger partial charge in [0.25, 0.3) is 0 Å². The lowest BCUT2D eigenvalue weighted by atomic mass is 9.96. The summed E-state index contributed by atoms with van der Waals surface area (Å²) in [6, 6.07) is 0. The second-order valence-electron chi connectivity index (χ2n) is 7.34. The first kappa shape index (κ1) is 18.7. The van der Waals surface area contributed by atoms with Crippen LogP contribution in [-0.4, -0.2) is 53.3 Å². The van der Waals surface area contributed by atoms with Gasteiger partial charge in [0.1, 0.15) is 11.7 Å². The third-order valence-electron chi connectivity index (χ3n) is 3.73. The molecule has 0 unspecified atom stereocenters. The Morgan fingerprint density at radius 1 is 1.27 bits per heavy atom. The Hall–Kier alpha value is -1.30. The molecule has 0 radical (unpaired) electrons. The van der Waals surface area contributed by atoms with E-state index in [2.05, 4.69) is 5.32 Å². The molecule has 1 rings (SSSR count). The van der Waals surface area contributed by atoms with Crippen molar-refractivity contribution in [1.29, 1.82) is 0 Å². The lowest BCUT2D eigenvalue weighted by Crippen LogP contribution is -2.45. The highest BCUT2D eigenvalue weighted by molar-refractivity contribution is 5.80. The molecular weight excluding hydrogens is 284 g/mol. The van der Waals surface area contributed by atoms with Crippen molar-refractivity contribution >= 4 is 12.0 Å². The minimum Gasteiger partial charge on any atom is -0.444 e. The maximum absolute atomic E-state index is 12.0. The van der Waals surface area contributed by atoms with Crippen molar-refractivity contribution in [2.75, 3.05) is 19.6 Å². The zero-order valence-corrected chi connectivity index (χ0v) is 14.4. The molecule has 1 heterocycles. The van der Waals surface area contributed by atoms with Gasteiger partial charge in [0.05, 0.1) is 0 Å². The van der Waals surface area contributed by atoms with E-state index >= 15 is 0 Å². The Bertz CT molecular complexity index is 382. The summed E-state index contributed by atoms with van der Waals surface area (Å²) >= 11 is 0. The summed E-state index contributed by atoms with van der Waals surface area (Å²) in [5.41, 5.74) is -0.477. The average Bonchev–Trinajstić information content (AvgIpc) is 2.42. The standard InChI is InChI=1S/C16H30N2O4/c1-11(2)13(19)14(20)17-10-12-6-8-18(9-7-12)15(21)22-16(3,4)5/h11-13,19H,6-10H2,1-5H3,(H,17,20)/t13-/m0/s1. The molecular formula is C16H30N2O4. The van der Waals surface area contributed by atoms with Gasteiger partial charge in [0, 0.05) is 19.6 Å². The van der Waals surface area contributed by atoms with E-state index in [9.17, 15) is 14.7 Å². The number of rotatable bonds is 4. The van der Waals surface area contributed by atoms with Crippen molar-refractivity contribution in [3.8, 4) is 0 Å². The predicted molar refractivity (Wildman–Crippen MR) is 84.4 cm³/mol. The highest BCUT2D eigenvalue weighted by Gasteiger charge is 2.27. The highest BCUT2D eigenvalue weighted by Crippen LogP contribution is 2.19. The summed E-state index contributed by atoms with van der Waals surface area (Å²) in [5, 5.41) is 12.5. The van der Waals surface area contributed by atoms with Gasteiger partial charge >= 0.3 is 6.09 Å². The Labute approximate surface area is 133 Å². The topological polar surface area (TPSA) is 78.9 Å². The molecule has 1 atom stereocenters. The van der Waals surface area contributed by atoms with Gasteiger partial charge in [-0.05, 0) is 45.4 Å². The van der Waals surface area contributed by atoms with Gasteiger partial charge in [-0.25, -0.2) is 4.79 Å². The summed E-state index contributed by atoms with van der Waals surface area (Å²) in [6.07, 6.45) is 0.432. The zero-order valence-electron chi connectivity index (χ0n) is 14.4. The molecule has 128 valence electrons. The van der Waals surface area contributed by atoms with Crippen LogP contribution < -0.4 is 5.32 Å². The maximum Gasteiger partial charge on any atom is 0.410 e. The number of aliphatic hydroxyl groups excluding tert-OH is 1. The van der Waals surface area contributed by atoms with Gasteiger partial charge in [-0.3, -0.25) is 4.79 Å². The molecule has 0 bridgehead atoms. The first-order valence-corrected chi connectivity index (χ1v) is 8.04. The molecule has 22 heavy (non-hydrogen) atoms. The number of nitrogens with zero attached hydrogens (tertiary/aromatic N) is 1. The molecule has 6 nitrogen and oxygen atoms in total. The second-order valence-corrected chi connectivity index (χ2v) is 7.34. The number of amides is 2. The van der Waals surface area contributed by atoms with Crippen LogP contribution in [0.4, 0.5) is 4.79 Å². The molecule has 2 amide bonds. The highest BCUT2D eigenvalue weighted by atomic mass is 16.6. The van der Waals surface area contributed by atoms with Crippen LogP contribution in [0.25, 0.3) is 0 Å². The Kier molecular flexibility index (Phi) is 6.66. The van der Waals surface area contributed by atoms with Crippen molar-refractivity contribution in [3.05, 3.63) is 0 Å². The molecule has 0 aromatic carbocycles. The van der Waals surface area contributed by atoms with Crippen molar-refractivity contribution < 1.29 is 19.4 Å². The molecule has 0 aliphatic carbocycles.